The topological polar surface area (TPSA) is 72.2 Å². The molecule has 1 unspecified atom stereocenters. The average Bonchev–Trinajstić information content (AvgIpc) is 2.33. The molecule has 0 heterocycles. The second-order valence-corrected chi connectivity index (χ2v) is 6.46. The molecule has 0 aliphatic rings. The van der Waals surface area contributed by atoms with Crippen LogP contribution in [-0.4, -0.2) is 22.8 Å². The quantitative estimate of drug-likeness (QED) is 0.514. The summed E-state index contributed by atoms with van der Waals surface area (Å²) in [5.74, 6) is -0.475. The van der Waals surface area contributed by atoms with E-state index in [1.165, 1.54) is 18.2 Å². The van der Waals surface area contributed by atoms with Crippen molar-refractivity contribution in [2.24, 2.45) is 5.41 Å². The number of nitro groups is 1. The van der Waals surface area contributed by atoms with Gasteiger partial charge in [0.25, 0.3) is 11.6 Å². The van der Waals surface area contributed by atoms with Gasteiger partial charge in [-0.1, -0.05) is 32.9 Å². The van der Waals surface area contributed by atoms with Gasteiger partial charge in [-0.2, -0.15) is 0 Å². The van der Waals surface area contributed by atoms with E-state index in [4.69, 9.17) is 11.6 Å². The van der Waals surface area contributed by atoms with Crippen molar-refractivity contribution in [2.75, 3.05) is 6.54 Å². The van der Waals surface area contributed by atoms with Crippen LogP contribution >= 0.6 is 11.6 Å². The van der Waals surface area contributed by atoms with Crippen LogP contribution in [0.25, 0.3) is 0 Å². The Hall–Kier alpha value is -1.62. The summed E-state index contributed by atoms with van der Waals surface area (Å²) < 4.78 is 0. The van der Waals surface area contributed by atoms with Crippen LogP contribution in [0.3, 0.4) is 0 Å². The van der Waals surface area contributed by atoms with Crippen LogP contribution in [0.2, 0.25) is 0 Å². The Labute approximate surface area is 123 Å². The van der Waals surface area contributed by atoms with E-state index in [0.29, 0.717) is 0 Å². The minimum atomic E-state index is -0.567. The van der Waals surface area contributed by atoms with Gasteiger partial charge in [-0.05, 0) is 17.9 Å². The van der Waals surface area contributed by atoms with Gasteiger partial charge < -0.3 is 5.32 Å². The SMILES string of the molecule is CC(C)(C)CC(Cl)CNC(=O)c1ccccc1[N+](=O)[O-]. The average molecular weight is 299 g/mol. The number of carbonyl (C=O) groups excluding carboxylic acids is 1. The van der Waals surface area contributed by atoms with Gasteiger partial charge in [-0.3, -0.25) is 14.9 Å². The Balaban J connectivity index is 2.66. The lowest BCUT2D eigenvalue weighted by Crippen LogP contribution is -2.32. The number of nitrogens with zero attached hydrogens (tertiary/aromatic N) is 1. The Bertz CT molecular complexity index is 497. The lowest BCUT2D eigenvalue weighted by molar-refractivity contribution is -0.385. The van der Waals surface area contributed by atoms with Crippen molar-refractivity contribution < 1.29 is 9.72 Å². The van der Waals surface area contributed by atoms with Gasteiger partial charge in [0.1, 0.15) is 5.56 Å². The molecule has 0 fully saturated rings. The highest BCUT2D eigenvalue weighted by Crippen LogP contribution is 2.23. The number of nitrogens with one attached hydrogen (secondary N) is 1. The van der Waals surface area contributed by atoms with Crippen molar-refractivity contribution in [1.82, 2.24) is 5.32 Å². The maximum atomic E-state index is 12.0. The fourth-order valence-corrected chi connectivity index (χ4v) is 2.40. The largest absolute Gasteiger partial charge is 0.350 e. The second kappa shape index (κ2) is 6.70. The number of nitro benzene ring substituents is 1. The van der Waals surface area contributed by atoms with Crippen LogP contribution in [0.5, 0.6) is 0 Å². The van der Waals surface area contributed by atoms with E-state index in [9.17, 15) is 14.9 Å². The van der Waals surface area contributed by atoms with Crippen molar-refractivity contribution in [2.45, 2.75) is 32.6 Å². The maximum absolute atomic E-state index is 12.0. The minimum absolute atomic E-state index is 0.0529. The number of para-hydroxylation sites is 1. The molecule has 0 aliphatic carbocycles. The van der Waals surface area contributed by atoms with Gasteiger partial charge in [0.15, 0.2) is 0 Å². The van der Waals surface area contributed by atoms with Gasteiger partial charge >= 0.3 is 0 Å². The van der Waals surface area contributed by atoms with E-state index in [1.54, 1.807) is 6.07 Å². The summed E-state index contributed by atoms with van der Waals surface area (Å²) in [5, 5.41) is 13.3. The van der Waals surface area contributed by atoms with Crippen LogP contribution in [0.4, 0.5) is 5.69 Å². The normalized spacial score (nSPS) is 12.8. The molecule has 110 valence electrons. The summed E-state index contributed by atoms with van der Waals surface area (Å²) in [6.07, 6.45) is 0.742. The zero-order valence-electron chi connectivity index (χ0n) is 11.9. The predicted molar refractivity (Wildman–Crippen MR) is 79.1 cm³/mol. The Morgan fingerprint density at radius 1 is 1.40 bits per heavy atom. The number of amides is 1. The maximum Gasteiger partial charge on any atom is 0.282 e. The first kappa shape index (κ1) is 16.4. The molecule has 20 heavy (non-hydrogen) atoms. The van der Waals surface area contributed by atoms with Crippen molar-refractivity contribution in [1.29, 1.82) is 0 Å². The molecule has 0 spiro atoms. The third-order valence-corrected chi connectivity index (χ3v) is 2.97. The van der Waals surface area contributed by atoms with E-state index >= 15 is 0 Å². The number of benzene rings is 1. The lowest BCUT2D eigenvalue weighted by Gasteiger charge is -2.21. The molecule has 5 nitrogen and oxygen atoms in total. The highest BCUT2D eigenvalue weighted by atomic mass is 35.5. The van der Waals surface area contributed by atoms with E-state index in [-0.39, 0.29) is 28.6 Å². The summed E-state index contributed by atoms with van der Waals surface area (Å²) in [6.45, 7) is 6.47. The van der Waals surface area contributed by atoms with Crippen molar-refractivity contribution in [3.63, 3.8) is 0 Å². The molecular weight excluding hydrogens is 280 g/mol. The van der Waals surface area contributed by atoms with Crippen LogP contribution in [0.1, 0.15) is 37.6 Å². The standard InChI is InChI=1S/C14H19ClN2O3/c1-14(2,3)8-10(15)9-16-13(18)11-6-4-5-7-12(11)17(19)20/h4-7,10H,8-9H2,1-3H3,(H,16,18). The molecule has 1 aromatic rings. The molecule has 0 saturated heterocycles. The molecule has 0 radical (unpaired) electrons. The van der Waals surface area contributed by atoms with Gasteiger partial charge in [0.05, 0.1) is 10.3 Å². The van der Waals surface area contributed by atoms with Crippen molar-refractivity contribution in [3.8, 4) is 0 Å². The third kappa shape index (κ3) is 5.17. The number of alkyl halides is 1. The Morgan fingerprint density at radius 2 is 2.00 bits per heavy atom. The van der Waals surface area contributed by atoms with Crippen LogP contribution in [0, 0.1) is 15.5 Å². The second-order valence-electron chi connectivity index (χ2n) is 5.85. The number of hydrogen-bond acceptors (Lipinski definition) is 3. The summed E-state index contributed by atoms with van der Waals surface area (Å²) >= 11 is 6.15. The summed E-state index contributed by atoms with van der Waals surface area (Å²) in [4.78, 5) is 22.3. The van der Waals surface area contributed by atoms with Crippen molar-refractivity contribution >= 4 is 23.2 Å². The van der Waals surface area contributed by atoms with Crippen LogP contribution in [-0.2, 0) is 0 Å². The zero-order chi connectivity index (χ0) is 15.3. The number of halogens is 1. The molecular formula is C14H19ClN2O3. The highest BCUT2D eigenvalue weighted by Gasteiger charge is 2.21. The predicted octanol–water partition coefficient (Wildman–Crippen LogP) is 3.37. The summed E-state index contributed by atoms with van der Waals surface area (Å²) in [6, 6.07) is 5.86. The number of rotatable bonds is 5. The zero-order valence-corrected chi connectivity index (χ0v) is 12.6. The highest BCUT2D eigenvalue weighted by molar-refractivity contribution is 6.21. The molecule has 0 aromatic heterocycles. The smallest absolute Gasteiger partial charge is 0.282 e. The molecule has 6 heteroatoms. The van der Waals surface area contributed by atoms with Gasteiger partial charge in [0, 0.05) is 12.6 Å². The Morgan fingerprint density at radius 3 is 2.55 bits per heavy atom. The first-order valence-corrected chi connectivity index (χ1v) is 6.80. The Kier molecular flexibility index (Phi) is 5.51. The van der Waals surface area contributed by atoms with Crippen LogP contribution in [0.15, 0.2) is 24.3 Å². The summed E-state index contributed by atoms with van der Waals surface area (Å²) in [7, 11) is 0. The van der Waals surface area contributed by atoms with Gasteiger partial charge in [-0.25, -0.2) is 0 Å². The third-order valence-electron chi connectivity index (χ3n) is 2.66. The minimum Gasteiger partial charge on any atom is -0.350 e. The monoisotopic (exact) mass is 298 g/mol. The molecule has 0 bridgehead atoms. The molecule has 1 amide bonds. The van der Waals surface area contributed by atoms with E-state index in [1.807, 2.05) is 0 Å². The van der Waals surface area contributed by atoms with Crippen molar-refractivity contribution in [3.05, 3.63) is 39.9 Å². The first-order chi connectivity index (χ1) is 9.20. The first-order valence-electron chi connectivity index (χ1n) is 6.36. The number of carbonyl (C=O) groups is 1. The van der Waals surface area contributed by atoms with E-state index < -0.39 is 10.8 Å². The molecule has 0 saturated carbocycles. The van der Waals surface area contributed by atoms with E-state index in [0.717, 1.165) is 6.42 Å². The number of hydrogen-bond donors (Lipinski definition) is 1. The lowest BCUT2D eigenvalue weighted by atomic mass is 9.90. The van der Waals surface area contributed by atoms with Gasteiger partial charge in [0.2, 0.25) is 0 Å². The fourth-order valence-electron chi connectivity index (χ4n) is 1.86. The summed E-state index contributed by atoms with van der Waals surface area (Å²) in [5.41, 5.74) is -0.0836. The fraction of sp³-hybridized carbons (Fsp3) is 0.500. The molecule has 0 aliphatic heterocycles. The van der Waals surface area contributed by atoms with Gasteiger partial charge in [-0.15, -0.1) is 11.6 Å². The molecule has 1 rings (SSSR count). The van der Waals surface area contributed by atoms with Crippen LogP contribution < -0.4 is 5.32 Å². The molecule has 1 atom stereocenters. The van der Waals surface area contributed by atoms with E-state index in [2.05, 4.69) is 26.1 Å². The molecule has 1 N–H and O–H groups in total. The molecule has 1 aromatic carbocycles.